The third-order valence-corrected chi connectivity index (χ3v) is 5.10. The molecule has 3 unspecified atom stereocenters. The number of ether oxygens (including phenoxy) is 2. The number of hydrogen-bond donors (Lipinski definition) is 4. The van der Waals surface area contributed by atoms with Gasteiger partial charge >= 0.3 is 11.9 Å². The third-order valence-electron chi connectivity index (χ3n) is 5.10. The molecule has 212 valence electrons. The Balaban J connectivity index is 2.98. The normalized spacial score (nSPS) is 14.0. The van der Waals surface area contributed by atoms with Crippen LogP contribution in [-0.2, 0) is 30.3 Å². The molecule has 11 nitrogen and oxygen atoms in total. The van der Waals surface area contributed by atoms with Crippen LogP contribution in [0.2, 0.25) is 0 Å². The van der Waals surface area contributed by atoms with Crippen molar-refractivity contribution in [2.75, 3.05) is 13.7 Å². The number of aromatic hydroxyl groups is 1. The standard InChI is InChI=1S/C28H36N2O9/c1-5-20-9-6-11-24(33)27(20)28(36)39-21(10-7-15-29-25(34)12-8-16-30-37-4)17-26(35)38-22(18-31)13-14-23(32)19(2)3/h6-9,11-16,21-23,31-33H,2,5,10,17-18H2,1,3-4H3,(H,29,34). The highest BCUT2D eigenvalue weighted by Gasteiger charge is 2.24. The summed E-state index contributed by atoms with van der Waals surface area (Å²) in [6, 6.07) is 4.64. The molecule has 0 spiro atoms. The van der Waals surface area contributed by atoms with E-state index in [4.69, 9.17) is 9.47 Å². The molecule has 0 saturated heterocycles. The molecule has 11 heteroatoms. The van der Waals surface area contributed by atoms with Crippen LogP contribution >= 0.6 is 0 Å². The lowest BCUT2D eigenvalue weighted by Crippen LogP contribution is -2.27. The van der Waals surface area contributed by atoms with Crippen molar-refractivity contribution in [3.8, 4) is 5.75 Å². The van der Waals surface area contributed by atoms with E-state index in [1.807, 2.05) is 6.92 Å². The summed E-state index contributed by atoms with van der Waals surface area (Å²) in [7, 11) is 1.36. The maximum Gasteiger partial charge on any atom is 0.342 e. The van der Waals surface area contributed by atoms with Gasteiger partial charge < -0.3 is 34.9 Å². The molecule has 0 fully saturated rings. The summed E-state index contributed by atoms with van der Waals surface area (Å²) in [6.07, 6.45) is 6.36. The Kier molecular flexibility index (Phi) is 15.2. The van der Waals surface area contributed by atoms with Gasteiger partial charge in [-0.15, -0.1) is 0 Å². The maximum atomic E-state index is 12.9. The van der Waals surface area contributed by atoms with E-state index in [0.29, 0.717) is 17.6 Å². The van der Waals surface area contributed by atoms with Crippen LogP contribution in [0.4, 0.5) is 0 Å². The molecule has 1 rings (SSSR count). The van der Waals surface area contributed by atoms with Gasteiger partial charge in [0.1, 0.15) is 30.6 Å². The molecular weight excluding hydrogens is 508 g/mol. The Bertz CT molecular complexity index is 1090. The number of phenols is 1. The Morgan fingerprint density at radius 1 is 1.21 bits per heavy atom. The van der Waals surface area contributed by atoms with Crippen molar-refractivity contribution < 1.29 is 44.0 Å². The molecule has 0 aliphatic rings. The van der Waals surface area contributed by atoms with Crippen LogP contribution in [0.5, 0.6) is 5.75 Å². The third kappa shape index (κ3) is 12.7. The van der Waals surface area contributed by atoms with E-state index in [9.17, 15) is 29.7 Å². The van der Waals surface area contributed by atoms with E-state index >= 15 is 0 Å². The summed E-state index contributed by atoms with van der Waals surface area (Å²) >= 11 is 0. The van der Waals surface area contributed by atoms with Gasteiger partial charge in [-0.25, -0.2) is 4.79 Å². The molecule has 0 heterocycles. The van der Waals surface area contributed by atoms with E-state index in [-0.39, 0.29) is 24.2 Å². The van der Waals surface area contributed by atoms with E-state index in [1.165, 1.54) is 56.0 Å². The number of aliphatic hydroxyl groups is 2. The van der Waals surface area contributed by atoms with Crippen LogP contribution in [0, 0.1) is 0 Å². The van der Waals surface area contributed by atoms with Gasteiger partial charge in [0.05, 0.1) is 25.3 Å². The summed E-state index contributed by atoms with van der Waals surface area (Å²) in [5.74, 6) is -2.33. The Labute approximate surface area is 227 Å². The summed E-state index contributed by atoms with van der Waals surface area (Å²) in [6.45, 7) is 6.50. The van der Waals surface area contributed by atoms with Crippen molar-refractivity contribution in [3.63, 3.8) is 0 Å². The highest BCUT2D eigenvalue weighted by atomic mass is 16.6. The number of carbonyl (C=O) groups excluding carboxylic acids is 3. The molecular formula is C28H36N2O9. The first-order valence-corrected chi connectivity index (χ1v) is 12.1. The number of carbonyl (C=O) groups is 3. The second-order valence-corrected chi connectivity index (χ2v) is 8.23. The Morgan fingerprint density at radius 3 is 2.59 bits per heavy atom. The van der Waals surface area contributed by atoms with Gasteiger partial charge in [-0.2, -0.15) is 0 Å². The number of benzene rings is 1. The molecule has 3 atom stereocenters. The van der Waals surface area contributed by atoms with Gasteiger partial charge in [-0.3, -0.25) is 9.59 Å². The SMILES string of the molecule is C=C(C)C(O)C=CC(CO)OC(=O)CC(CC=CNC(=O)C=CC=NOC)OC(=O)c1c(O)cccc1CC. The lowest BCUT2D eigenvalue weighted by molar-refractivity contribution is -0.150. The topological polar surface area (TPSA) is 164 Å². The van der Waals surface area contributed by atoms with Crippen LogP contribution in [0.3, 0.4) is 0 Å². The highest BCUT2D eigenvalue weighted by molar-refractivity contribution is 5.94. The number of aryl methyl sites for hydroxylation is 1. The summed E-state index contributed by atoms with van der Waals surface area (Å²) in [4.78, 5) is 41.8. The zero-order valence-corrected chi connectivity index (χ0v) is 22.3. The minimum Gasteiger partial charge on any atom is -0.507 e. The second-order valence-electron chi connectivity index (χ2n) is 8.23. The van der Waals surface area contributed by atoms with Gasteiger partial charge in [0.2, 0.25) is 5.91 Å². The van der Waals surface area contributed by atoms with Crippen LogP contribution in [0.25, 0.3) is 0 Å². The number of esters is 2. The molecule has 0 aliphatic carbocycles. The molecule has 1 aromatic carbocycles. The second kappa shape index (κ2) is 18.1. The number of nitrogens with one attached hydrogen (secondary N) is 1. The van der Waals surface area contributed by atoms with E-state index in [1.54, 1.807) is 19.1 Å². The predicted octanol–water partition coefficient (Wildman–Crippen LogP) is 2.48. The monoisotopic (exact) mass is 544 g/mol. The van der Waals surface area contributed by atoms with Gasteiger partial charge in [0, 0.05) is 18.7 Å². The van der Waals surface area contributed by atoms with E-state index in [0.717, 1.165) is 0 Å². The molecule has 0 bridgehead atoms. The van der Waals surface area contributed by atoms with Crippen LogP contribution < -0.4 is 5.32 Å². The fraction of sp³-hybridized carbons (Fsp3) is 0.357. The first-order chi connectivity index (χ1) is 18.6. The lowest BCUT2D eigenvalue weighted by atomic mass is 10.0. The lowest BCUT2D eigenvalue weighted by Gasteiger charge is -2.19. The van der Waals surface area contributed by atoms with Crippen molar-refractivity contribution in [2.24, 2.45) is 5.16 Å². The van der Waals surface area contributed by atoms with Crippen molar-refractivity contribution in [3.05, 3.63) is 78.1 Å². The fourth-order valence-corrected chi connectivity index (χ4v) is 3.07. The number of rotatable bonds is 16. The maximum absolute atomic E-state index is 12.9. The molecule has 0 saturated carbocycles. The smallest absolute Gasteiger partial charge is 0.342 e. The average Bonchev–Trinajstić information content (AvgIpc) is 2.90. The van der Waals surface area contributed by atoms with Crippen molar-refractivity contribution in [2.45, 2.75) is 51.4 Å². The largest absolute Gasteiger partial charge is 0.507 e. The number of allylic oxidation sites excluding steroid dienone is 1. The first kappa shape index (κ1) is 32.8. The predicted molar refractivity (Wildman–Crippen MR) is 145 cm³/mol. The minimum absolute atomic E-state index is 0.0107. The van der Waals surface area contributed by atoms with Crippen LogP contribution in [-0.4, -0.2) is 71.4 Å². The van der Waals surface area contributed by atoms with Gasteiger partial charge in [-0.05, 0) is 42.7 Å². The molecule has 0 radical (unpaired) electrons. The highest BCUT2D eigenvalue weighted by Crippen LogP contribution is 2.24. The summed E-state index contributed by atoms with van der Waals surface area (Å²) in [5.41, 5.74) is 1.02. The Morgan fingerprint density at radius 2 is 1.95 bits per heavy atom. The molecule has 0 aliphatic heterocycles. The van der Waals surface area contributed by atoms with Gasteiger partial charge in [-0.1, -0.05) is 42.9 Å². The summed E-state index contributed by atoms with van der Waals surface area (Å²) in [5, 5.41) is 35.5. The van der Waals surface area contributed by atoms with E-state index < -0.39 is 42.8 Å². The molecule has 39 heavy (non-hydrogen) atoms. The van der Waals surface area contributed by atoms with Crippen molar-refractivity contribution in [1.29, 1.82) is 0 Å². The van der Waals surface area contributed by atoms with Crippen molar-refractivity contribution in [1.82, 2.24) is 5.32 Å². The van der Waals surface area contributed by atoms with Gasteiger partial charge in [0.15, 0.2) is 0 Å². The zero-order valence-electron chi connectivity index (χ0n) is 22.3. The van der Waals surface area contributed by atoms with E-state index in [2.05, 4.69) is 21.9 Å². The zero-order chi connectivity index (χ0) is 29.2. The summed E-state index contributed by atoms with van der Waals surface area (Å²) < 4.78 is 10.8. The number of amides is 1. The van der Waals surface area contributed by atoms with Gasteiger partial charge in [0.25, 0.3) is 0 Å². The number of hydrogen-bond acceptors (Lipinski definition) is 10. The molecule has 1 amide bonds. The molecule has 4 N–H and O–H groups in total. The number of nitrogens with zero attached hydrogens (tertiary/aromatic N) is 1. The molecule has 0 aromatic heterocycles. The minimum atomic E-state index is -1.05. The fourth-order valence-electron chi connectivity index (χ4n) is 3.07. The Hall–Kier alpha value is -4.22. The van der Waals surface area contributed by atoms with Crippen molar-refractivity contribution >= 4 is 24.1 Å². The number of oxime groups is 1. The number of phenolic OH excluding ortho intramolecular Hbond substituents is 1. The average molecular weight is 545 g/mol. The number of aliphatic hydroxyl groups excluding tert-OH is 2. The first-order valence-electron chi connectivity index (χ1n) is 12.1. The molecule has 1 aromatic rings. The quantitative estimate of drug-likeness (QED) is 0.0804. The van der Waals surface area contributed by atoms with Crippen LogP contribution in [0.1, 0.15) is 42.6 Å². The van der Waals surface area contributed by atoms with Crippen LogP contribution in [0.15, 0.2) is 72.1 Å².